The molecule has 0 saturated carbocycles. The monoisotopic (exact) mass is 287 g/mol. The lowest BCUT2D eigenvalue weighted by Gasteiger charge is -2.44. The average Bonchev–Trinajstić information content (AvgIpc) is 3.08. The zero-order valence-corrected chi connectivity index (χ0v) is 11.5. The average molecular weight is 287 g/mol. The van der Waals surface area contributed by atoms with E-state index >= 15 is 0 Å². The zero-order chi connectivity index (χ0) is 14.1. The van der Waals surface area contributed by atoms with Crippen LogP contribution in [0.5, 0.6) is 11.5 Å². The molecule has 1 aromatic rings. The van der Waals surface area contributed by atoms with Crippen molar-refractivity contribution < 1.29 is 19.7 Å². The molecule has 0 spiro atoms. The van der Waals surface area contributed by atoms with E-state index in [1.807, 2.05) is 18.2 Å². The van der Waals surface area contributed by atoms with Gasteiger partial charge in [-0.25, -0.2) is 0 Å². The van der Waals surface area contributed by atoms with Crippen LogP contribution < -0.4 is 9.47 Å². The molecule has 3 aliphatic heterocycles. The van der Waals surface area contributed by atoms with Crippen molar-refractivity contribution in [3.05, 3.63) is 35.1 Å². The van der Waals surface area contributed by atoms with E-state index in [0.717, 1.165) is 36.6 Å². The Kier molecular flexibility index (Phi) is 2.22. The van der Waals surface area contributed by atoms with Crippen LogP contribution in [0.1, 0.15) is 23.5 Å². The first-order valence-corrected chi connectivity index (χ1v) is 7.47. The van der Waals surface area contributed by atoms with Crippen molar-refractivity contribution in [1.29, 1.82) is 0 Å². The molecule has 0 bridgehead atoms. The van der Waals surface area contributed by atoms with Crippen LogP contribution in [0.15, 0.2) is 24.0 Å². The van der Waals surface area contributed by atoms with Crippen LogP contribution in [0.2, 0.25) is 0 Å². The topological polar surface area (TPSA) is 62.2 Å². The molecule has 3 heterocycles. The summed E-state index contributed by atoms with van der Waals surface area (Å²) in [6, 6.07) is 4.31. The number of aliphatic hydroxyl groups excluding tert-OH is 2. The number of nitrogens with zero attached hydrogens (tertiary/aromatic N) is 1. The number of aliphatic hydroxyl groups is 2. The van der Waals surface area contributed by atoms with Crippen molar-refractivity contribution in [2.75, 3.05) is 13.3 Å². The first kappa shape index (κ1) is 11.9. The van der Waals surface area contributed by atoms with Crippen LogP contribution in [0, 0.1) is 5.92 Å². The minimum atomic E-state index is -0.828. The molecule has 1 saturated heterocycles. The highest BCUT2D eigenvalue weighted by atomic mass is 16.7. The van der Waals surface area contributed by atoms with E-state index in [4.69, 9.17) is 9.47 Å². The number of hydrogen-bond acceptors (Lipinski definition) is 5. The summed E-state index contributed by atoms with van der Waals surface area (Å²) in [6.07, 6.45) is 2.06. The van der Waals surface area contributed by atoms with Gasteiger partial charge in [-0.15, -0.1) is 0 Å². The molecule has 4 aliphatic rings. The Labute approximate surface area is 122 Å². The highest BCUT2D eigenvalue weighted by Crippen LogP contribution is 2.50. The molecule has 0 aromatic heterocycles. The van der Waals surface area contributed by atoms with Gasteiger partial charge in [-0.05, 0) is 48.2 Å². The second kappa shape index (κ2) is 3.93. The van der Waals surface area contributed by atoms with Crippen molar-refractivity contribution in [2.45, 2.75) is 31.0 Å². The van der Waals surface area contributed by atoms with Gasteiger partial charge < -0.3 is 19.7 Å². The number of rotatable bonds is 0. The summed E-state index contributed by atoms with van der Waals surface area (Å²) < 4.78 is 10.9. The third kappa shape index (κ3) is 1.48. The molecule has 0 amide bonds. The highest BCUT2D eigenvalue weighted by Gasteiger charge is 2.50. The third-order valence-electron chi connectivity index (χ3n) is 5.37. The van der Waals surface area contributed by atoms with E-state index in [1.165, 1.54) is 5.56 Å². The molecule has 0 radical (unpaired) electrons. The maximum absolute atomic E-state index is 10.5. The van der Waals surface area contributed by atoms with Gasteiger partial charge in [-0.2, -0.15) is 0 Å². The highest BCUT2D eigenvalue weighted by molar-refractivity contribution is 5.52. The molecular weight excluding hydrogens is 270 g/mol. The van der Waals surface area contributed by atoms with Crippen LogP contribution in [-0.2, 0) is 6.54 Å². The predicted molar refractivity (Wildman–Crippen MR) is 74.3 cm³/mol. The van der Waals surface area contributed by atoms with E-state index in [2.05, 4.69) is 4.90 Å². The Balaban J connectivity index is 1.70. The first-order valence-electron chi connectivity index (χ1n) is 7.47. The smallest absolute Gasteiger partial charge is 0.231 e. The summed E-state index contributed by atoms with van der Waals surface area (Å²) in [6.45, 7) is 2.15. The number of benzene rings is 1. The maximum Gasteiger partial charge on any atom is 0.231 e. The normalized spacial score (nSPS) is 36.1. The van der Waals surface area contributed by atoms with Gasteiger partial charge in [-0.3, -0.25) is 4.90 Å². The molecule has 5 nitrogen and oxygen atoms in total. The van der Waals surface area contributed by atoms with Crippen molar-refractivity contribution in [1.82, 2.24) is 4.90 Å². The van der Waals surface area contributed by atoms with Gasteiger partial charge in [0, 0.05) is 18.5 Å². The Morgan fingerprint density at radius 1 is 1.19 bits per heavy atom. The molecule has 1 fully saturated rings. The van der Waals surface area contributed by atoms with Crippen molar-refractivity contribution >= 4 is 0 Å². The summed E-state index contributed by atoms with van der Waals surface area (Å²) in [5, 5.41) is 20.6. The zero-order valence-electron chi connectivity index (χ0n) is 11.5. The maximum atomic E-state index is 10.5. The number of fused-ring (bicyclic) bond motifs is 3. The van der Waals surface area contributed by atoms with Crippen molar-refractivity contribution in [2.24, 2.45) is 5.92 Å². The third-order valence-corrected chi connectivity index (χ3v) is 5.37. The molecule has 5 heteroatoms. The van der Waals surface area contributed by atoms with Gasteiger partial charge >= 0.3 is 0 Å². The summed E-state index contributed by atoms with van der Waals surface area (Å²) in [5.74, 6) is 1.90. The van der Waals surface area contributed by atoms with Gasteiger partial charge in [0.25, 0.3) is 0 Å². The van der Waals surface area contributed by atoms with Crippen molar-refractivity contribution in [3.8, 4) is 11.5 Å². The molecule has 1 aliphatic carbocycles. The fourth-order valence-electron chi connectivity index (χ4n) is 4.47. The summed E-state index contributed by atoms with van der Waals surface area (Å²) in [7, 11) is 0. The van der Waals surface area contributed by atoms with Crippen LogP contribution in [0.3, 0.4) is 0 Å². The van der Waals surface area contributed by atoms with E-state index in [9.17, 15) is 10.2 Å². The van der Waals surface area contributed by atoms with Gasteiger partial charge in [-0.1, -0.05) is 0 Å². The summed E-state index contributed by atoms with van der Waals surface area (Å²) in [5.41, 5.74) is 2.27. The second-order valence-electron chi connectivity index (χ2n) is 6.38. The lowest BCUT2D eigenvalue weighted by molar-refractivity contribution is 0.0516. The molecule has 1 aromatic carbocycles. The molecule has 4 atom stereocenters. The lowest BCUT2D eigenvalue weighted by atomic mass is 9.72. The Hall–Kier alpha value is -1.72. The van der Waals surface area contributed by atoms with E-state index in [1.54, 1.807) is 0 Å². The number of hydrogen-bond donors (Lipinski definition) is 2. The predicted octanol–water partition coefficient (Wildman–Crippen LogP) is 1.52. The molecule has 110 valence electrons. The van der Waals surface area contributed by atoms with Gasteiger partial charge in [0.2, 0.25) is 6.79 Å². The van der Waals surface area contributed by atoms with Gasteiger partial charge in [0.1, 0.15) is 11.9 Å². The van der Waals surface area contributed by atoms with E-state index in [0.29, 0.717) is 5.92 Å². The molecule has 2 N–H and O–H groups in total. The minimum Gasteiger partial charge on any atom is -0.510 e. The standard InChI is InChI=1S/C16H17NO4/c18-11-3-8-1-2-17-6-9-4-12-13(21-7-20-12)5-10(9)14(15(8)17)16(11)19/h3-5,8,14-16,18-19H,1-2,6-7H2/t8-,14-,15-,16-/m0/s1. The Bertz CT molecular complexity index is 656. The fourth-order valence-corrected chi connectivity index (χ4v) is 4.47. The lowest BCUT2D eigenvalue weighted by Crippen LogP contribution is -2.48. The fraction of sp³-hybridized carbons (Fsp3) is 0.500. The molecule has 0 unspecified atom stereocenters. The van der Waals surface area contributed by atoms with E-state index in [-0.39, 0.29) is 24.5 Å². The van der Waals surface area contributed by atoms with Crippen LogP contribution in [0.4, 0.5) is 0 Å². The quantitative estimate of drug-likeness (QED) is 0.757. The van der Waals surface area contributed by atoms with Gasteiger partial charge in [0.05, 0.1) is 0 Å². The van der Waals surface area contributed by atoms with Crippen molar-refractivity contribution in [3.63, 3.8) is 0 Å². The second-order valence-corrected chi connectivity index (χ2v) is 6.38. The SMILES string of the molecule is OC1=C[C@@H]2CCN3Cc4cc5c(cc4[C@@H]([C@H]23)[C@H]1O)OCO5. The van der Waals surface area contributed by atoms with Gasteiger partial charge in [0.15, 0.2) is 11.5 Å². The first-order chi connectivity index (χ1) is 10.2. The van der Waals surface area contributed by atoms with Crippen LogP contribution in [0.25, 0.3) is 0 Å². The van der Waals surface area contributed by atoms with Crippen LogP contribution >= 0.6 is 0 Å². The largest absolute Gasteiger partial charge is 0.510 e. The Morgan fingerprint density at radius 3 is 2.86 bits per heavy atom. The summed E-state index contributed by atoms with van der Waals surface area (Å²) >= 11 is 0. The molecule has 5 rings (SSSR count). The minimum absolute atomic E-state index is 0.0826. The number of ether oxygens (including phenoxy) is 2. The Morgan fingerprint density at radius 2 is 2.00 bits per heavy atom. The molecular formula is C16H17NO4. The summed E-state index contributed by atoms with van der Waals surface area (Å²) in [4.78, 5) is 2.42. The van der Waals surface area contributed by atoms with E-state index < -0.39 is 6.10 Å². The van der Waals surface area contributed by atoms with Crippen LogP contribution in [-0.4, -0.2) is 40.6 Å². The molecule has 21 heavy (non-hydrogen) atoms.